The molecule has 0 saturated heterocycles. The Labute approximate surface area is 291 Å². The van der Waals surface area contributed by atoms with E-state index >= 15 is 0 Å². The average Bonchev–Trinajstić information content (AvgIpc) is 3.00. The van der Waals surface area contributed by atoms with E-state index in [0.717, 1.165) is 0 Å². The lowest BCUT2D eigenvalue weighted by molar-refractivity contribution is -0.150. The van der Waals surface area contributed by atoms with Crippen molar-refractivity contribution in [1.82, 2.24) is 9.80 Å². The lowest BCUT2D eigenvalue weighted by Gasteiger charge is -2.27. The first kappa shape index (κ1) is 45.6. The van der Waals surface area contributed by atoms with E-state index in [-0.39, 0.29) is 75.2 Å². The van der Waals surface area contributed by atoms with Gasteiger partial charge in [0.25, 0.3) is 0 Å². The fourth-order valence-corrected chi connectivity index (χ4v) is 5.65. The molecule has 0 radical (unpaired) electrons. The van der Waals surface area contributed by atoms with Crippen LogP contribution in [0.5, 0.6) is 0 Å². The highest BCUT2D eigenvalue weighted by molar-refractivity contribution is 8.76. The number of aliphatic hydroxyl groups is 4. The minimum absolute atomic E-state index is 0.0705. The zero-order valence-electron chi connectivity index (χ0n) is 28.8. The first-order valence-electron chi connectivity index (χ1n) is 15.5. The summed E-state index contributed by atoms with van der Waals surface area (Å²) in [6.45, 7) is 18.6. The first-order chi connectivity index (χ1) is 22.4. The Kier molecular flexibility index (Phi) is 24.2. The van der Waals surface area contributed by atoms with Crippen LogP contribution in [0.3, 0.4) is 0 Å². The summed E-state index contributed by atoms with van der Waals surface area (Å²) in [5, 5.41) is 41.8. The van der Waals surface area contributed by atoms with Crippen LogP contribution >= 0.6 is 21.6 Å². The predicted octanol–water partition coefficient (Wildman–Crippen LogP) is 0.973. The number of hydrogen-bond acceptors (Lipinski definition) is 16. The van der Waals surface area contributed by atoms with Crippen LogP contribution < -0.4 is 0 Å². The van der Waals surface area contributed by atoms with Gasteiger partial charge < -0.3 is 39.4 Å². The van der Waals surface area contributed by atoms with Crippen LogP contribution in [0.15, 0.2) is 36.5 Å². The van der Waals surface area contributed by atoms with Crippen molar-refractivity contribution in [3.05, 3.63) is 36.5 Å². The maximum atomic E-state index is 11.8. The van der Waals surface area contributed by atoms with Crippen LogP contribution in [0.1, 0.15) is 34.6 Å². The molecular formula is C32H54N2O12S2. The molecule has 0 rings (SSSR count). The number of rotatable bonds is 27. The number of ether oxygens (including phenoxy) is 4. The van der Waals surface area contributed by atoms with E-state index < -0.39 is 48.3 Å². The number of nitrogens with zero attached hydrogens (tertiary/aromatic N) is 2. The molecule has 0 aliphatic carbocycles. The van der Waals surface area contributed by atoms with Gasteiger partial charge in [0.05, 0.1) is 5.92 Å². The van der Waals surface area contributed by atoms with Crippen LogP contribution in [0, 0.1) is 5.92 Å². The molecule has 0 heterocycles. The van der Waals surface area contributed by atoms with Gasteiger partial charge in [-0.2, -0.15) is 0 Å². The van der Waals surface area contributed by atoms with E-state index in [1.54, 1.807) is 23.6 Å². The number of aliphatic hydroxyl groups excluding tert-OH is 4. The summed E-state index contributed by atoms with van der Waals surface area (Å²) >= 11 is 0. The van der Waals surface area contributed by atoms with E-state index in [0.29, 0.717) is 24.6 Å². The van der Waals surface area contributed by atoms with Crippen molar-refractivity contribution >= 4 is 45.5 Å². The summed E-state index contributed by atoms with van der Waals surface area (Å²) in [6.07, 6.45) is -4.13. The van der Waals surface area contributed by atoms with Crippen molar-refractivity contribution in [2.75, 3.05) is 77.2 Å². The van der Waals surface area contributed by atoms with E-state index in [1.165, 1.54) is 42.4 Å². The molecule has 0 aliphatic heterocycles. The summed E-state index contributed by atoms with van der Waals surface area (Å²) in [6, 6.07) is 0. The predicted molar refractivity (Wildman–Crippen MR) is 185 cm³/mol. The summed E-state index contributed by atoms with van der Waals surface area (Å²) < 4.78 is 20.2. The maximum absolute atomic E-state index is 11.8. The Balaban J connectivity index is 5.10. The normalized spacial score (nSPS) is 13.8. The largest absolute Gasteiger partial charge is 0.463 e. The van der Waals surface area contributed by atoms with Gasteiger partial charge in [-0.05, 0) is 20.8 Å². The average molecular weight is 723 g/mol. The fraction of sp³-hybridized carbons (Fsp3) is 0.688. The summed E-state index contributed by atoms with van der Waals surface area (Å²) in [7, 11) is 3.03. The third-order valence-electron chi connectivity index (χ3n) is 6.10. The fourth-order valence-electron chi connectivity index (χ4n) is 3.60. The molecule has 276 valence electrons. The van der Waals surface area contributed by atoms with Crippen LogP contribution in [-0.4, -0.2) is 156 Å². The third kappa shape index (κ3) is 23.0. The quantitative estimate of drug-likeness (QED) is 0.0308. The molecule has 14 nitrogen and oxygen atoms in total. The summed E-state index contributed by atoms with van der Waals surface area (Å²) in [5.41, 5.74) is 0.603. The standard InChI is InChI=1S/C32H54N2O12S2/c1-21(2)29(39)43-17-25(35)13-33(14-26(36)18-44-30(40)22(3)4)9-11-47-48-12-10-34(15-27(37)19-45-31(41)23(5)6)16-28(38)20-46-32(42)24(7)8/h24-28,35-38H,1,3,5,9-20H2,2,4,6-8H3. The Bertz CT molecular complexity index is 1020. The van der Waals surface area contributed by atoms with E-state index in [1.807, 2.05) is 0 Å². The van der Waals surface area contributed by atoms with Crippen molar-refractivity contribution < 1.29 is 58.6 Å². The lowest BCUT2D eigenvalue weighted by atomic mass is 10.2. The van der Waals surface area contributed by atoms with Gasteiger partial charge in [-0.3, -0.25) is 14.6 Å². The molecule has 0 amide bonds. The smallest absolute Gasteiger partial charge is 0.333 e. The minimum atomic E-state index is -1.04. The molecule has 0 bridgehead atoms. The molecule has 4 unspecified atom stereocenters. The Morgan fingerprint density at radius 3 is 1.08 bits per heavy atom. The zero-order valence-corrected chi connectivity index (χ0v) is 30.4. The number of carbonyl (C=O) groups excluding carboxylic acids is 4. The number of hydrogen-bond donors (Lipinski definition) is 4. The van der Waals surface area contributed by atoms with E-state index in [9.17, 15) is 39.6 Å². The highest BCUT2D eigenvalue weighted by Crippen LogP contribution is 2.21. The Hall–Kier alpha value is -2.44. The molecule has 16 heteroatoms. The molecule has 0 aromatic rings. The van der Waals surface area contributed by atoms with E-state index in [2.05, 4.69) is 19.7 Å². The van der Waals surface area contributed by atoms with Crippen molar-refractivity contribution in [2.45, 2.75) is 59.0 Å². The van der Waals surface area contributed by atoms with Crippen LogP contribution in [-0.2, 0) is 38.1 Å². The van der Waals surface area contributed by atoms with Gasteiger partial charge in [-0.15, -0.1) is 0 Å². The first-order valence-corrected chi connectivity index (χ1v) is 18.0. The highest BCUT2D eigenvalue weighted by atomic mass is 33.1. The maximum Gasteiger partial charge on any atom is 0.333 e. The van der Waals surface area contributed by atoms with Gasteiger partial charge in [0.15, 0.2) is 0 Å². The third-order valence-corrected chi connectivity index (χ3v) is 8.46. The minimum Gasteiger partial charge on any atom is -0.463 e. The summed E-state index contributed by atoms with van der Waals surface area (Å²) in [4.78, 5) is 50.4. The van der Waals surface area contributed by atoms with Gasteiger partial charge in [0.1, 0.15) is 50.8 Å². The molecule has 4 atom stereocenters. The van der Waals surface area contributed by atoms with Crippen molar-refractivity contribution in [2.24, 2.45) is 5.92 Å². The van der Waals surface area contributed by atoms with Crippen molar-refractivity contribution in [1.29, 1.82) is 0 Å². The molecule has 0 saturated carbocycles. The van der Waals surface area contributed by atoms with Gasteiger partial charge >= 0.3 is 23.9 Å². The summed E-state index contributed by atoms with van der Waals surface area (Å²) in [5.74, 6) is -1.52. The molecular weight excluding hydrogens is 668 g/mol. The van der Waals surface area contributed by atoms with Gasteiger partial charge in [-0.25, -0.2) is 14.4 Å². The molecule has 4 N–H and O–H groups in total. The highest BCUT2D eigenvalue weighted by Gasteiger charge is 2.21. The lowest BCUT2D eigenvalue weighted by Crippen LogP contribution is -2.42. The number of carbonyl (C=O) groups is 4. The second-order valence-corrected chi connectivity index (χ2v) is 14.4. The van der Waals surface area contributed by atoms with E-state index in [4.69, 9.17) is 18.9 Å². The Morgan fingerprint density at radius 2 is 0.833 bits per heavy atom. The second kappa shape index (κ2) is 25.5. The Morgan fingerprint density at radius 1 is 0.562 bits per heavy atom. The second-order valence-electron chi connectivity index (χ2n) is 11.7. The number of esters is 4. The van der Waals surface area contributed by atoms with Gasteiger partial charge in [0, 0.05) is 67.5 Å². The van der Waals surface area contributed by atoms with Gasteiger partial charge in [0.2, 0.25) is 0 Å². The monoisotopic (exact) mass is 722 g/mol. The van der Waals surface area contributed by atoms with Crippen molar-refractivity contribution in [3.63, 3.8) is 0 Å². The molecule has 0 fully saturated rings. The van der Waals surface area contributed by atoms with Crippen LogP contribution in [0.2, 0.25) is 0 Å². The molecule has 0 aromatic heterocycles. The topological polar surface area (TPSA) is 193 Å². The van der Waals surface area contributed by atoms with Crippen molar-refractivity contribution in [3.8, 4) is 0 Å². The SMILES string of the molecule is C=C(C)C(=O)OCC(O)CN(CCSSCCN(CC(O)COC(=O)C(=C)C)CC(O)COC(=O)C(C)C)CC(O)COC(=O)C(=C)C. The molecule has 48 heavy (non-hydrogen) atoms. The molecule has 0 aromatic carbocycles. The zero-order chi connectivity index (χ0) is 36.8. The molecule has 0 spiro atoms. The van der Waals surface area contributed by atoms with Gasteiger partial charge in [-0.1, -0.05) is 55.2 Å². The van der Waals surface area contributed by atoms with Crippen LogP contribution in [0.4, 0.5) is 0 Å². The van der Waals surface area contributed by atoms with Crippen LogP contribution in [0.25, 0.3) is 0 Å². The molecule has 0 aliphatic rings.